The van der Waals surface area contributed by atoms with Gasteiger partial charge in [0.05, 0.1) is 79.4 Å². The van der Waals surface area contributed by atoms with Crippen LogP contribution < -0.4 is 31.9 Å². The first-order valence-electron chi connectivity index (χ1n) is 35.7. The second kappa shape index (κ2) is 40.5. The average Bonchev–Trinajstić information content (AvgIpc) is 1.68. The second-order valence-corrected chi connectivity index (χ2v) is 32.7. The molecule has 3 amide bonds. The van der Waals surface area contributed by atoms with E-state index in [9.17, 15) is 71.5 Å². The summed E-state index contributed by atoms with van der Waals surface area (Å²) < 4.78 is 77.6. The minimum atomic E-state index is -4.19. The van der Waals surface area contributed by atoms with Gasteiger partial charge < -0.3 is 77.5 Å². The van der Waals surface area contributed by atoms with Crippen LogP contribution in [0, 0.1) is 17.8 Å². The molecule has 3 aromatic carbocycles. The third-order valence-corrected chi connectivity index (χ3v) is 24.6. The topological polar surface area (TPSA) is 376 Å². The van der Waals surface area contributed by atoms with E-state index in [1.165, 1.54) is 47.1 Å². The van der Waals surface area contributed by atoms with Gasteiger partial charge in [0.1, 0.15) is 17.3 Å². The van der Waals surface area contributed by atoms with Gasteiger partial charge in [-0.25, -0.2) is 0 Å². The summed E-state index contributed by atoms with van der Waals surface area (Å²) in [5.74, 6) is -3.78. The zero-order chi connectivity index (χ0) is 75.0. The molecule has 31 heteroatoms. The summed E-state index contributed by atoms with van der Waals surface area (Å²) >= 11 is 0. The highest BCUT2D eigenvalue weighted by atomic mass is 31.2. The van der Waals surface area contributed by atoms with Crippen molar-refractivity contribution in [3.63, 3.8) is 0 Å². The largest absolute Gasteiger partial charge is 0.469 e. The Balaban J connectivity index is 0.000000217. The van der Waals surface area contributed by atoms with Gasteiger partial charge >= 0.3 is 40.7 Å². The Bertz CT molecular complexity index is 3500. The number of ketones is 3. The van der Waals surface area contributed by atoms with Crippen molar-refractivity contribution in [1.29, 1.82) is 0 Å². The SMILES string of the molecule is CC(=O)CCC(=O)NCCCCOC(=O)[C@@H]1C2CCC(C[C@@H]1OP(=O)(O)c1ccccc1)N2C.COC(=O)[C@H]1C(OP(=O)(O)c2cccc(COCCCCNC(=O)CCC(C)=O)c2)CC2CCC1N2C.COC(=O)[C@H]1C(OP(=O)(O)c2ccccc2)CC2CCC1N2CCNC(=O)CCC(C)=O. The molecule has 0 aromatic heterocycles. The number of piperidine rings is 3. The number of Topliss-reactive ketones (excluding diaryl/α,β-unsaturated/α-hetero) is 3. The maximum absolute atomic E-state index is 13.3. The van der Waals surface area contributed by atoms with Gasteiger partial charge in [-0.05, 0) is 160 Å². The molecule has 0 saturated carbocycles. The first-order valence-corrected chi connectivity index (χ1v) is 40.4. The van der Waals surface area contributed by atoms with Crippen LogP contribution in [0.3, 0.4) is 0 Å². The van der Waals surface area contributed by atoms with Crippen molar-refractivity contribution in [3.05, 3.63) is 90.5 Å². The second-order valence-electron chi connectivity index (χ2n) is 27.4. The van der Waals surface area contributed by atoms with E-state index < -0.39 is 76.8 Å². The number of fused-ring (bicyclic) bond motifs is 6. The molecule has 28 nitrogen and oxygen atoms in total. The molecule has 6 aliphatic heterocycles. The summed E-state index contributed by atoms with van der Waals surface area (Å²) in [4.78, 5) is 145. The predicted octanol–water partition coefficient (Wildman–Crippen LogP) is 5.89. The van der Waals surface area contributed by atoms with E-state index in [0.717, 1.165) is 56.9 Å². The molecule has 11 unspecified atom stereocenters. The Morgan fingerprint density at radius 1 is 0.456 bits per heavy atom. The van der Waals surface area contributed by atoms with Crippen LogP contribution in [0.5, 0.6) is 0 Å². The Kier molecular flexibility index (Phi) is 33.0. The van der Waals surface area contributed by atoms with Crippen LogP contribution in [0.25, 0.3) is 0 Å². The first kappa shape index (κ1) is 84.0. The number of carbonyl (C=O) groups is 9. The molecular weight excluding hydrogens is 1390 g/mol. The van der Waals surface area contributed by atoms with Gasteiger partial charge in [-0.15, -0.1) is 0 Å². The van der Waals surface area contributed by atoms with Crippen molar-refractivity contribution in [2.24, 2.45) is 17.8 Å². The summed E-state index contributed by atoms with van der Waals surface area (Å²) in [5.41, 5.74) is 0.737. The monoisotopic (exact) mass is 1500 g/mol. The van der Waals surface area contributed by atoms with Gasteiger partial charge in [0.15, 0.2) is 0 Å². The average molecular weight is 1500 g/mol. The van der Waals surface area contributed by atoms with Gasteiger partial charge in [-0.3, -0.25) is 57.2 Å². The van der Waals surface area contributed by atoms with Crippen molar-refractivity contribution in [2.45, 2.75) is 204 Å². The smallest absolute Gasteiger partial charge is 0.359 e. The highest BCUT2D eigenvalue weighted by Gasteiger charge is 2.55. The lowest BCUT2D eigenvalue weighted by Crippen LogP contribution is -2.56. The van der Waals surface area contributed by atoms with E-state index in [1.807, 2.05) is 20.2 Å². The van der Waals surface area contributed by atoms with Gasteiger partial charge in [-0.1, -0.05) is 48.5 Å². The maximum atomic E-state index is 13.3. The molecule has 6 saturated heterocycles. The fourth-order valence-corrected chi connectivity index (χ4v) is 18.5. The molecule has 6 aliphatic rings. The standard InChI is InChI=1S/C26H39N2O8P.C24H35N2O7P.C22H31N2O7P/c1-18(29)9-12-24(30)27-13-4-5-14-35-17-19-7-6-8-21(15-19)37(32,33)36-23-16-20-10-11-22(28(20)2)25(23)26(31)34-3;1-17(27)10-13-22(28)25-14-6-7-15-32-24(29)23-20-12-11-18(26(20)2)16-21(23)33-34(30,31)19-8-4-3-5-9-19;1-15(25)8-11-20(26)23-12-13-24-16-9-10-18(24)21(22(27)30-2)19(14-16)31-32(28,29)17-6-4-3-5-7-17/h6-8,15,20,22-23,25H,4-5,9-14,16-17H2,1-3H3,(H,27,30)(H,32,33);3-5,8-9,18,20-21,23H,6-7,10-16H2,1-2H3,(H,25,28)(H,30,31);3-7,16,18-19,21H,8-14H2,1-2H3,(H,23,26)(H,28,29)/t20?,22?,23?,25-;18?,20?,21-,23+;16?,18?,19?,21-/m101/s1. The molecule has 15 atom stereocenters. The zero-order valence-electron chi connectivity index (χ0n) is 60.2. The summed E-state index contributed by atoms with van der Waals surface area (Å²) in [7, 11) is -5.80. The number of ether oxygens (including phenoxy) is 4. The van der Waals surface area contributed by atoms with Crippen LogP contribution in [0.15, 0.2) is 84.9 Å². The van der Waals surface area contributed by atoms with E-state index in [2.05, 4.69) is 30.7 Å². The minimum absolute atomic E-state index is 0.00385. The highest BCUT2D eigenvalue weighted by molar-refractivity contribution is 7.61. The van der Waals surface area contributed by atoms with Crippen molar-refractivity contribution in [3.8, 4) is 0 Å². The van der Waals surface area contributed by atoms with E-state index in [1.54, 1.807) is 66.7 Å². The van der Waals surface area contributed by atoms with Gasteiger partial charge in [0, 0.05) is 108 Å². The summed E-state index contributed by atoms with van der Waals surface area (Å²) in [6.07, 6.45) is 8.27. The molecule has 6 bridgehead atoms. The molecule has 9 rings (SSSR count). The molecule has 103 heavy (non-hydrogen) atoms. The lowest BCUT2D eigenvalue weighted by Gasteiger charge is -2.43. The predicted molar refractivity (Wildman–Crippen MR) is 381 cm³/mol. The number of nitrogens with one attached hydrogen (secondary N) is 3. The van der Waals surface area contributed by atoms with Crippen molar-refractivity contribution in [1.82, 2.24) is 30.7 Å². The quantitative estimate of drug-likeness (QED) is 0.0171. The lowest BCUT2D eigenvalue weighted by atomic mass is 9.87. The molecule has 6 N–H and O–H groups in total. The number of esters is 3. The molecule has 0 radical (unpaired) electrons. The van der Waals surface area contributed by atoms with E-state index in [4.69, 9.17) is 32.5 Å². The van der Waals surface area contributed by atoms with E-state index >= 15 is 0 Å². The minimum Gasteiger partial charge on any atom is -0.469 e. The molecule has 570 valence electrons. The Hall–Kier alpha value is -6.22. The summed E-state index contributed by atoms with van der Waals surface area (Å²) in [5, 5.41) is 8.90. The fourth-order valence-electron chi connectivity index (χ4n) is 14.7. The molecule has 0 spiro atoms. The lowest BCUT2D eigenvalue weighted by molar-refractivity contribution is -0.158. The van der Waals surface area contributed by atoms with E-state index in [0.29, 0.717) is 64.9 Å². The number of benzene rings is 3. The van der Waals surface area contributed by atoms with Gasteiger partial charge in [0.25, 0.3) is 0 Å². The molecule has 0 aliphatic carbocycles. The van der Waals surface area contributed by atoms with Crippen LogP contribution in [0.4, 0.5) is 0 Å². The molecule has 6 heterocycles. The third kappa shape index (κ3) is 24.9. The normalized spacial score (nSPS) is 25.8. The Labute approximate surface area is 603 Å². The van der Waals surface area contributed by atoms with E-state index in [-0.39, 0.29) is 139 Å². The Morgan fingerprint density at radius 2 is 0.845 bits per heavy atom. The highest BCUT2D eigenvalue weighted by Crippen LogP contribution is 2.52. The number of hydrogen-bond donors (Lipinski definition) is 6. The van der Waals surface area contributed by atoms with Crippen LogP contribution in [0.1, 0.15) is 148 Å². The molecular formula is C72H105N6O22P3. The van der Waals surface area contributed by atoms with Crippen molar-refractivity contribution >= 4 is 91.7 Å². The number of hydrogen-bond acceptors (Lipinski definition) is 22. The Morgan fingerprint density at radius 3 is 1.30 bits per heavy atom. The fraction of sp³-hybridized carbons (Fsp3) is 0.625. The third-order valence-electron chi connectivity index (χ3n) is 20.1. The van der Waals surface area contributed by atoms with Crippen molar-refractivity contribution < 1.29 is 104 Å². The van der Waals surface area contributed by atoms with Gasteiger partial charge in [-0.2, -0.15) is 0 Å². The number of unbranched alkanes of at least 4 members (excludes halogenated alkanes) is 2. The number of rotatable bonds is 36. The van der Waals surface area contributed by atoms with Crippen molar-refractivity contribution in [2.75, 3.05) is 67.7 Å². The number of amides is 3. The number of methoxy groups -OCH3 is 2. The van der Waals surface area contributed by atoms with Crippen LogP contribution >= 0.6 is 22.8 Å². The molecule has 6 fully saturated rings. The number of carbonyl (C=O) groups excluding carboxylic acids is 9. The van der Waals surface area contributed by atoms with Crippen LogP contribution in [0.2, 0.25) is 0 Å². The van der Waals surface area contributed by atoms with Crippen LogP contribution in [-0.2, 0) is 96.0 Å². The summed E-state index contributed by atoms with van der Waals surface area (Å²) in [6.45, 7) is 7.20. The number of nitrogens with zero attached hydrogens (tertiary/aromatic N) is 3. The van der Waals surface area contributed by atoms with Crippen LogP contribution in [-0.4, -0.2) is 205 Å². The zero-order valence-corrected chi connectivity index (χ0v) is 62.9. The maximum Gasteiger partial charge on any atom is 0.359 e. The van der Waals surface area contributed by atoms with Gasteiger partial charge in [0.2, 0.25) is 17.7 Å². The molecule has 3 aromatic rings. The summed E-state index contributed by atoms with van der Waals surface area (Å²) in [6, 6.07) is 23.2. The first-order chi connectivity index (χ1) is 49.0.